The van der Waals surface area contributed by atoms with Crippen LogP contribution in [0.3, 0.4) is 0 Å². The van der Waals surface area contributed by atoms with E-state index in [1.54, 1.807) is 0 Å². The van der Waals surface area contributed by atoms with E-state index in [1.807, 2.05) is 0 Å². The topological polar surface area (TPSA) is 30.7 Å². The average Bonchev–Trinajstić information content (AvgIpc) is 2.44. The SMILES string of the molecule is CC(C)Cn1cc(I)c2c(Cl)ncnc21. The molecule has 0 aliphatic carbocycles. The molecule has 5 heteroatoms. The summed E-state index contributed by atoms with van der Waals surface area (Å²) in [6, 6.07) is 0. The fraction of sp³-hybridized carbons (Fsp3) is 0.400. The van der Waals surface area contributed by atoms with Crippen LogP contribution < -0.4 is 0 Å². The molecule has 0 N–H and O–H groups in total. The summed E-state index contributed by atoms with van der Waals surface area (Å²) in [7, 11) is 0. The minimum atomic E-state index is 0.534. The fourth-order valence-electron chi connectivity index (χ4n) is 1.57. The third kappa shape index (κ3) is 2.10. The van der Waals surface area contributed by atoms with Gasteiger partial charge in [0.15, 0.2) is 0 Å². The first-order chi connectivity index (χ1) is 7.09. The fourth-order valence-corrected chi connectivity index (χ4v) is 2.80. The van der Waals surface area contributed by atoms with Gasteiger partial charge < -0.3 is 4.57 Å². The van der Waals surface area contributed by atoms with Crippen molar-refractivity contribution in [3.63, 3.8) is 0 Å². The summed E-state index contributed by atoms with van der Waals surface area (Å²) in [5, 5.41) is 1.49. The average molecular weight is 336 g/mol. The van der Waals surface area contributed by atoms with E-state index in [9.17, 15) is 0 Å². The van der Waals surface area contributed by atoms with E-state index in [2.05, 4.69) is 57.2 Å². The van der Waals surface area contributed by atoms with E-state index in [1.165, 1.54) is 6.33 Å². The second-order valence-corrected chi connectivity index (χ2v) is 5.41. The summed E-state index contributed by atoms with van der Waals surface area (Å²) in [6.07, 6.45) is 3.59. The van der Waals surface area contributed by atoms with Crippen LogP contribution in [0.5, 0.6) is 0 Å². The highest BCUT2D eigenvalue weighted by Crippen LogP contribution is 2.26. The molecular formula is C10H11ClIN3. The number of halogens is 2. The van der Waals surface area contributed by atoms with Gasteiger partial charge in [-0.25, -0.2) is 9.97 Å². The molecule has 0 unspecified atom stereocenters. The van der Waals surface area contributed by atoms with Gasteiger partial charge in [-0.15, -0.1) is 0 Å². The van der Waals surface area contributed by atoms with Gasteiger partial charge in [0.2, 0.25) is 0 Å². The van der Waals surface area contributed by atoms with Crippen molar-refractivity contribution in [3.05, 3.63) is 21.2 Å². The van der Waals surface area contributed by atoms with Gasteiger partial charge in [0.1, 0.15) is 17.1 Å². The Bertz CT molecular complexity index is 493. The molecule has 80 valence electrons. The summed E-state index contributed by atoms with van der Waals surface area (Å²) in [4.78, 5) is 8.28. The molecule has 0 aliphatic rings. The van der Waals surface area contributed by atoms with E-state index in [0.29, 0.717) is 11.1 Å². The first-order valence-electron chi connectivity index (χ1n) is 4.74. The van der Waals surface area contributed by atoms with E-state index in [0.717, 1.165) is 21.1 Å². The van der Waals surface area contributed by atoms with Crippen LogP contribution >= 0.6 is 34.2 Å². The maximum atomic E-state index is 6.04. The Morgan fingerprint density at radius 3 is 2.87 bits per heavy atom. The lowest BCUT2D eigenvalue weighted by Gasteiger charge is -2.06. The zero-order chi connectivity index (χ0) is 11.0. The molecule has 2 heterocycles. The summed E-state index contributed by atoms with van der Waals surface area (Å²) in [5.74, 6) is 0.588. The summed E-state index contributed by atoms with van der Waals surface area (Å²) < 4.78 is 3.24. The Labute approximate surface area is 107 Å². The Morgan fingerprint density at radius 2 is 2.20 bits per heavy atom. The number of nitrogens with zero attached hydrogens (tertiary/aromatic N) is 3. The van der Waals surface area contributed by atoms with Crippen LogP contribution in [-0.4, -0.2) is 14.5 Å². The predicted molar refractivity (Wildman–Crippen MR) is 70.1 cm³/mol. The monoisotopic (exact) mass is 335 g/mol. The number of hydrogen-bond donors (Lipinski definition) is 0. The predicted octanol–water partition coefficient (Wildman–Crippen LogP) is 3.35. The smallest absolute Gasteiger partial charge is 0.145 e. The lowest BCUT2D eigenvalue weighted by molar-refractivity contribution is 0.532. The maximum absolute atomic E-state index is 6.04. The molecule has 2 aromatic rings. The minimum Gasteiger partial charge on any atom is -0.331 e. The molecule has 0 amide bonds. The van der Waals surface area contributed by atoms with Gasteiger partial charge in [-0.1, -0.05) is 25.4 Å². The van der Waals surface area contributed by atoms with Crippen LogP contribution in [0.15, 0.2) is 12.5 Å². The van der Waals surface area contributed by atoms with Crippen molar-refractivity contribution in [2.75, 3.05) is 0 Å². The maximum Gasteiger partial charge on any atom is 0.145 e. The van der Waals surface area contributed by atoms with E-state index in [4.69, 9.17) is 11.6 Å². The van der Waals surface area contributed by atoms with Crippen molar-refractivity contribution in [3.8, 4) is 0 Å². The molecule has 0 atom stereocenters. The first-order valence-corrected chi connectivity index (χ1v) is 6.20. The van der Waals surface area contributed by atoms with Crippen LogP contribution in [0.4, 0.5) is 0 Å². The molecule has 0 saturated carbocycles. The van der Waals surface area contributed by atoms with Crippen molar-refractivity contribution in [2.24, 2.45) is 5.92 Å². The van der Waals surface area contributed by atoms with Crippen molar-refractivity contribution in [1.29, 1.82) is 0 Å². The van der Waals surface area contributed by atoms with Gasteiger partial charge >= 0.3 is 0 Å². The summed E-state index contributed by atoms with van der Waals surface area (Å²) in [5.41, 5.74) is 0.924. The highest BCUT2D eigenvalue weighted by Gasteiger charge is 2.12. The van der Waals surface area contributed by atoms with Crippen LogP contribution in [0.1, 0.15) is 13.8 Å². The lowest BCUT2D eigenvalue weighted by Crippen LogP contribution is -2.03. The van der Waals surface area contributed by atoms with Gasteiger partial charge in [0.25, 0.3) is 0 Å². The molecule has 3 nitrogen and oxygen atoms in total. The molecule has 2 rings (SSSR count). The van der Waals surface area contributed by atoms with Crippen molar-refractivity contribution in [2.45, 2.75) is 20.4 Å². The zero-order valence-electron chi connectivity index (χ0n) is 8.54. The van der Waals surface area contributed by atoms with E-state index in [-0.39, 0.29) is 0 Å². The molecule has 0 spiro atoms. The van der Waals surface area contributed by atoms with Crippen LogP contribution in [-0.2, 0) is 6.54 Å². The van der Waals surface area contributed by atoms with E-state index < -0.39 is 0 Å². The first kappa shape index (κ1) is 11.1. The van der Waals surface area contributed by atoms with Crippen molar-refractivity contribution in [1.82, 2.24) is 14.5 Å². The zero-order valence-corrected chi connectivity index (χ0v) is 11.5. The molecule has 0 fully saturated rings. The van der Waals surface area contributed by atoms with Crippen LogP contribution in [0.25, 0.3) is 11.0 Å². The van der Waals surface area contributed by atoms with Crippen molar-refractivity contribution >= 4 is 45.2 Å². The van der Waals surface area contributed by atoms with Gasteiger partial charge in [-0.3, -0.25) is 0 Å². The Kier molecular flexibility index (Phi) is 3.16. The minimum absolute atomic E-state index is 0.534. The molecular weight excluding hydrogens is 324 g/mol. The summed E-state index contributed by atoms with van der Waals surface area (Å²) in [6.45, 7) is 5.32. The highest BCUT2D eigenvalue weighted by atomic mass is 127. The third-order valence-electron chi connectivity index (χ3n) is 2.12. The van der Waals surface area contributed by atoms with Gasteiger partial charge in [-0.2, -0.15) is 0 Å². The number of hydrogen-bond acceptors (Lipinski definition) is 2. The summed E-state index contributed by atoms with van der Waals surface area (Å²) >= 11 is 8.31. The normalized spacial score (nSPS) is 11.5. The van der Waals surface area contributed by atoms with Crippen molar-refractivity contribution < 1.29 is 0 Å². The third-order valence-corrected chi connectivity index (χ3v) is 3.23. The second kappa shape index (κ2) is 4.25. The lowest BCUT2D eigenvalue weighted by atomic mass is 10.2. The highest BCUT2D eigenvalue weighted by molar-refractivity contribution is 14.1. The molecule has 0 aliphatic heterocycles. The van der Waals surface area contributed by atoms with Crippen LogP contribution in [0, 0.1) is 9.49 Å². The van der Waals surface area contributed by atoms with E-state index >= 15 is 0 Å². The molecule has 2 aromatic heterocycles. The molecule has 0 aromatic carbocycles. The number of rotatable bonds is 2. The van der Waals surface area contributed by atoms with Gasteiger partial charge in [0, 0.05) is 16.3 Å². The van der Waals surface area contributed by atoms with Gasteiger partial charge in [0.05, 0.1) is 5.39 Å². The molecule has 0 bridgehead atoms. The number of fused-ring (bicyclic) bond motifs is 1. The number of aromatic nitrogens is 3. The Balaban J connectivity index is 2.63. The standard InChI is InChI=1S/C10H11ClIN3/c1-6(2)3-15-4-7(12)8-9(11)13-5-14-10(8)15/h4-6H,3H2,1-2H3. The Morgan fingerprint density at radius 1 is 1.47 bits per heavy atom. The largest absolute Gasteiger partial charge is 0.331 e. The molecule has 0 saturated heterocycles. The Hall–Kier alpha value is -0.360. The van der Waals surface area contributed by atoms with Gasteiger partial charge in [-0.05, 0) is 28.5 Å². The quantitative estimate of drug-likeness (QED) is 0.622. The second-order valence-electron chi connectivity index (χ2n) is 3.89. The molecule has 15 heavy (non-hydrogen) atoms. The molecule has 0 radical (unpaired) electrons. The van der Waals surface area contributed by atoms with Crippen LogP contribution in [0.2, 0.25) is 5.15 Å².